The summed E-state index contributed by atoms with van der Waals surface area (Å²) in [6.45, 7) is 13.8. The van der Waals surface area contributed by atoms with Crippen molar-refractivity contribution in [2.45, 2.75) is 58.4 Å². The van der Waals surface area contributed by atoms with E-state index in [0.717, 1.165) is 12.8 Å². The highest BCUT2D eigenvalue weighted by molar-refractivity contribution is 5.38. The smallest absolute Gasteiger partial charge is 0.0284 e. The molecule has 0 amide bonds. The zero-order valence-corrected chi connectivity index (χ0v) is 13.6. The number of hydrogen-bond acceptors (Lipinski definition) is 1. The van der Waals surface area contributed by atoms with E-state index in [1.807, 2.05) is 6.08 Å². The highest BCUT2D eigenvalue weighted by atomic mass is 15.1. The predicted molar refractivity (Wildman–Crippen MR) is 91.0 cm³/mol. The highest BCUT2D eigenvalue weighted by Crippen LogP contribution is 2.24. The zero-order chi connectivity index (χ0) is 15.0. The van der Waals surface area contributed by atoms with Crippen LogP contribution in [0.15, 0.2) is 48.1 Å². The van der Waals surface area contributed by atoms with E-state index in [1.54, 1.807) is 5.57 Å². The van der Waals surface area contributed by atoms with Crippen LogP contribution in [0, 0.1) is 0 Å². The molecular weight excluding hydrogens is 242 g/mol. The molecule has 0 bridgehead atoms. The second-order valence-electron chi connectivity index (χ2n) is 5.82. The minimum Gasteiger partial charge on any atom is -0.300 e. The second kappa shape index (κ2) is 8.97. The molecule has 1 fully saturated rings. The summed E-state index contributed by atoms with van der Waals surface area (Å²) in [5.41, 5.74) is 4.03. The molecule has 0 radical (unpaired) electrons. The fourth-order valence-corrected chi connectivity index (χ4v) is 2.87. The van der Waals surface area contributed by atoms with Gasteiger partial charge in [0.2, 0.25) is 0 Å². The van der Waals surface area contributed by atoms with Gasteiger partial charge in [0, 0.05) is 6.04 Å². The molecule has 1 unspecified atom stereocenters. The molecule has 0 saturated carbocycles. The molecule has 1 saturated heterocycles. The van der Waals surface area contributed by atoms with E-state index in [2.05, 4.69) is 51.1 Å². The Morgan fingerprint density at radius 1 is 1.30 bits per heavy atom. The summed E-state index contributed by atoms with van der Waals surface area (Å²) in [5, 5.41) is 0. The van der Waals surface area contributed by atoms with Crippen LogP contribution in [0.3, 0.4) is 0 Å². The molecule has 0 spiro atoms. The van der Waals surface area contributed by atoms with Gasteiger partial charge < -0.3 is 0 Å². The van der Waals surface area contributed by atoms with Crippen LogP contribution in [0.2, 0.25) is 0 Å². The van der Waals surface area contributed by atoms with Gasteiger partial charge in [0.05, 0.1) is 0 Å². The Bertz CT molecular complexity index is 387. The number of allylic oxidation sites excluding steroid dienone is 5. The third-order valence-electron chi connectivity index (χ3n) is 4.30. The molecule has 1 nitrogen and oxygen atoms in total. The molecule has 1 aliphatic rings. The van der Waals surface area contributed by atoms with Gasteiger partial charge in [0.25, 0.3) is 0 Å². The second-order valence-corrected chi connectivity index (χ2v) is 5.82. The highest BCUT2D eigenvalue weighted by Gasteiger charge is 2.19. The van der Waals surface area contributed by atoms with Gasteiger partial charge in [-0.05, 0) is 63.8 Å². The molecular formula is C19H31N. The molecule has 0 N–H and O–H groups in total. The van der Waals surface area contributed by atoms with Gasteiger partial charge in [-0.25, -0.2) is 0 Å². The molecule has 0 aromatic heterocycles. The normalized spacial score (nSPS) is 21.2. The Hall–Kier alpha value is -1.08. The van der Waals surface area contributed by atoms with Crippen LogP contribution in [0.1, 0.15) is 52.4 Å². The van der Waals surface area contributed by atoms with Crippen LogP contribution in [-0.4, -0.2) is 24.5 Å². The summed E-state index contributed by atoms with van der Waals surface area (Å²) in [4.78, 5) is 2.42. The van der Waals surface area contributed by atoms with E-state index in [-0.39, 0.29) is 0 Å². The van der Waals surface area contributed by atoms with E-state index in [0.29, 0.717) is 6.04 Å². The molecule has 0 aromatic carbocycles. The summed E-state index contributed by atoms with van der Waals surface area (Å²) in [7, 11) is 2.21. The first kappa shape index (κ1) is 17.0. The van der Waals surface area contributed by atoms with Crippen LogP contribution < -0.4 is 0 Å². The lowest BCUT2D eigenvalue weighted by molar-refractivity contribution is 0.356. The van der Waals surface area contributed by atoms with E-state index >= 15 is 0 Å². The van der Waals surface area contributed by atoms with E-state index in [1.165, 1.54) is 43.4 Å². The molecule has 0 aliphatic carbocycles. The predicted octanol–water partition coefficient (Wildman–Crippen LogP) is 5.28. The molecule has 1 rings (SSSR count). The van der Waals surface area contributed by atoms with E-state index < -0.39 is 0 Å². The summed E-state index contributed by atoms with van der Waals surface area (Å²) in [6, 6.07) is 0.566. The fraction of sp³-hybridized carbons (Fsp3) is 0.579. The van der Waals surface area contributed by atoms with Crippen molar-refractivity contribution in [2.75, 3.05) is 13.6 Å². The Balaban J connectivity index is 2.59. The van der Waals surface area contributed by atoms with Crippen molar-refractivity contribution in [3.8, 4) is 0 Å². The molecule has 1 heteroatoms. The zero-order valence-electron chi connectivity index (χ0n) is 13.6. The SMILES string of the molecule is C=C/C(=C/C1CCCN1C)C(=C)CC/C(=C/C)CCC. The minimum atomic E-state index is 0.566. The molecule has 1 atom stereocenters. The number of likely N-dealkylation sites (tertiary alicyclic amines) is 1. The van der Waals surface area contributed by atoms with Crippen molar-refractivity contribution in [3.63, 3.8) is 0 Å². The lowest BCUT2D eigenvalue weighted by Gasteiger charge is -2.17. The van der Waals surface area contributed by atoms with Gasteiger partial charge >= 0.3 is 0 Å². The Labute approximate surface area is 125 Å². The molecule has 1 heterocycles. The van der Waals surface area contributed by atoms with Gasteiger partial charge in [0.1, 0.15) is 0 Å². The largest absolute Gasteiger partial charge is 0.300 e. The van der Waals surface area contributed by atoms with E-state index in [9.17, 15) is 0 Å². The average Bonchev–Trinajstić information content (AvgIpc) is 2.85. The molecule has 112 valence electrons. The Kier molecular flexibility index (Phi) is 7.61. The third-order valence-corrected chi connectivity index (χ3v) is 4.30. The van der Waals surface area contributed by atoms with Crippen molar-refractivity contribution >= 4 is 0 Å². The standard InChI is InChI=1S/C19H31N/c1-6-10-17(7-2)13-12-16(4)18(8-3)15-19-11-9-14-20(19)5/h7-8,15,19H,3-4,6,9-14H2,1-2,5H3/b17-7+,18-15-. The average molecular weight is 273 g/mol. The maximum atomic E-state index is 4.27. The first-order valence-electron chi connectivity index (χ1n) is 7.99. The first-order chi connectivity index (χ1) is 9.62. The lowest BCUT2D eigenvalue weighted by Crippen LogP contribution is -2.23. The quantitative estimate of drug-likeness (QED) is 0.430. The number of nitrogens with zero attached hydrogens (tertiary/aromatic N) is 1. The molecule has 20 heavy (non-hydrogen) atoms. The summed E-state index contributed by atoms with van der Waals surface area (Å²) >= 11 is 0. The monoisotopic (exact) mass is 273 g/mol. The van der Waals surface area contributed by atoms with Crippen LogP contribution in [-0.2, 0) is 0 Å². The van der Waals surface area contributed by atoms with Gasteiger partial charge in [0.15, 0.2) is 0 Å². The van der Waals surface area contributed by atoms with Gasteiger partial charge in [-0.15, -0.1) is 0 Å². The molecule has 1 aliphatic heterocycles. The Morgan fingerprint density at radius 2 is 2.05 bits per heavy atom. The van der Waals surface area contributed by atoms with Gasteiger partial charge in [-0.2, -0.15) is 0 Å². The summed E-state index contributed by atoms with van der Waals surface area (Å²) < 4.78 is 0. The number of hydrogen-bond donors (Lipinski definition) is 0. The lowest BCUT2D eigenvalue weighted by atomic mass is 9.96. The first-order valence-corrected chi connectivity index (χ1v) is 7.99. The van der Waals surface area contributed by atoms with Crippen molar-refractivity contribution in [1.29, 1.82) is 0 Å². The third kappa shape index (κ3) is 5.13. The van der Waals surface area contributed by atoms with Gasteiger partial charge in [-0.3, -0.25) is 4.90 Å². The van der Waals surface area contributed by atoms with Crippen molar-refractivity contribution < 1.29 is 0 Å². The van der Waals surface area contributed by atoms with Crippen molar-refractivity contribution in [2.24, 2.45) is 0 Å². The maximum Gasteiger partial charge on any atom is 0.0284 e. The maximum absolute atomic E-state index is 4.27. The van der Waals surface area contributed by atoms with Crippen LogP contribution in [0.5, 0.6) is 0 Å². The van der Waals surface area contributed by atoms with E-state index in [4.69, 9.17) is 0 Å². The topological polar surface area (TPSA) is 3.24 Å². The van der Waals surface area contributed by atoms with Crippen LogP contribution in [0.4, 0.5) is 0 Å². The van der Waals surface area contributed by atoms with Crippen LogP contribution in [0.25, 0.3) is 0 Å². The van der Waals surface area contributed by atoms with Crippen molar-refractivity contribution in [3.05, 3.63) is 48.1 Å². The molecule has 0 aromatic rings. The van der Waals surface area contributed by atoms with Crippen LogP contribution >= 0.6 is 0 Å². The summed E-state index contributed by atoms with van der Waals surface area (Å²) in [5.74, 6) is 0. The number of likely N-dealkylation sites (N-methyl/N-ethyl adjacent to an activating group) is 1. The van der Waals surface area contributed by atoms with Gasteiger partial charge in [-0.1, -0.05) is 50.3 Å². The fourth-order valence-electron chi connectivity index (χ4n) is 2.87. The minimum absolute atomic E-state index is 0.566. The Morgan fingerprint density at radius 3 is 2.55 bits per heavy atom. The summed E-state index contributed by atoms with van der Waals surface area (Å²) in [6.07, 6.45) is 13.8. The van der Waals surface area contributed by atoms with Crippen molar-refractivity contribution in [1.82, 2.24) is 4.90 Å². The number of rotatable bonds is 8.